The molecular formula is C43H52N2O5. The summed E-state index contributed by atoms with van der Waals surface area (Å²) in [6.07, 6.45) is 1.32. The average molecular weight is 677 g/mol. The van der Waals surface area contributed by atoms with Gasteiger partial charge in [0.05, 0.1) is 49.2 Å². The van der Waals surface area contributed by atoms with E-state index in [-0.39, 0.29) is 29.1 Å². The summed E-state index contributed by atoms with van der Waals surface area (Å²) in [6.45, 7) is 19.5. The van der Waals surface area contributed by atoms with Gasteiger partial charge in [-0.3, -0.25) is 9.80 Å². The average Bonchev–Trinajstić information content (AvgIpc) is 3.78. The van der Waals surface area contributed by atoms with Crippen LogP contribution in [0.3, 0.4) is 0 Å². The SMILES string of the molecule is Cc1ccc(N(C(=O)N(c2cc(C(C)(C)C)ccc2OC2CCOC2)c2cc(C(C)(C)C)ccc2OC2CCOC2)c2ccc(C)cc2)cc1. The Bertz CT molecular complexity index is 1650. The summed E-state index contributed by atoms with van der Waals surface area (Å²) in [5, 5.41) is 0. The largest absolute Gasteiger partial charge is 0.486 e. The Balaban J connectivity index is 1.63. The highest BCUT2D eigenvalue weighted by molar-refractivity contribution is 6.14. The molecular weight excluding hydrogens is 624 g/mol. The van der Waals surface area contributed by atoms with Gasteiger partial charge in [-0.15, -0.1) is 0 Å². The molecule has 2 unspecified atom stereocenters. The van der Waals surface area contributed by atoms with Crippen LogP contribution in [0.25, 0.3) is 0 Å². The molecule has 50 heavy (non-hydrogen) atoms. The van der Waals surface area contributed by atoms with Crippen molar-refractivity contribution in [1.82, 2.24) is 0 Å². The number of carbonyl (C=O) groups is 1. The van der Waals surface area contributed by atoms with Crippen LogP contribution in [0.5, 0.6) is 11.5 Å². The number of rotatable bonds is 8. The van der Waals surface area contributed by atoms with Crippen molar-refractivity contribution in [3.05, 3.63) is 107 Å². The van der Waals surface area contributed by atoms with Gasteiger partial charge in [-0.1, -0.05) is 89.1 Å². The molecule has 0 radical (unpaired) electrons. The zero-order valence-corrected chi connectivity index (χ0v) is 30.9. The van der Waals surface area contributed by atoms with Crippen molar-refractivity contribution in [2.24, 2.45) is 0 Å². The molecule has 2 aliphatic rings. The molecule has 264 valence electrons. The van der Waals surface area contributed by atoms with Crippen molar-refractivity contribution in [3.63, 3.8) is 0 Å². The molecule has 2 aliphatic heterocycles. The molecule has 2 saturated heterocycles. The molecule has 7 heteroatoms. The summed E-state index contributed by atoms with van der Waals surface area (Å²) in [7, 11) is 0. The van der Waals surface area contributed by atoms with Crippen LogP contribution in [0.4, 0.5) is 27.5 Å². The van der Waals surface area contributed by atoms with Crippen molar-refractivity contribution in [2.45, 2.75) is 91.3 Å². The van der Waals surface area contributed by atoms with Gasteiger partial charge in [-0.2, -0.15) is 0 Å². The summed E-state index contributed by atoms with van der Waals surface area (Å²) >= 11 is 0. The Hall–Kier alpha value is -4.33. The Morgan fingerprint density at radius 1 is 0.600 bits per heavy atom. The van der Waals surface area contributed by atoms with Crippen LogP contribution >= 0.6 is 0 Å². The fourth-order valence-electron chi connectivity index (χ4n) is 6.28. The number of benzene rings is 4. The Kier molecular flexibility index (Phi) is 10.3. The van der Waals surface area contributed by atoms with Crippen LogP contribution in [0.1, 0.15) is 76.6 Å². The number of ether oxygens (including phenoxy) is 4. The van der Waals surface area contributed by atoms with Crippen molar-refractivity contribution in [2.75, 3.05) is 36.2 Å². The van der Waals surface area contributed by atoms with Crippen molar-refractivity contribution in [3.8, 4) is 11.5 Å². The topological polar surface area (TPSA) is 60.5 Å². The number of hydrogen-bond acceptors (Lipinski definition) is 5. The lowest BCUT2D eigenvalue weighted by atomic mass is 9.86. The third-order valence-corrected chi connectivity index (χ3v) is 9.46. The molecule has 4 aromatic rings. The molecule has 2 heterocycles. The fourth-order valence-corrected chi connectivity index (χ4v) is 6.28. The summed E-state index contributed by atoms with van der Waals surface area (Å²) in [5.41, 5.74) is 6.81. The van der Waals surface area contributed by atoms with Gasteiger partial charge in [-0.05, 0) is 84.3 Å². The van der Waals surface area contributed by atoms with E-state index in [2.05, 4.69) is 79.7 Å². The van der Waals surface area contributed by atoms with E-state index in [4.69, 9.17) is 18.9 Å². The number of amides is 2. The van der Waals surface area contributed by atoms with Gasteiger partial charge in [-0.25, -0.2) is 4.79 Å². The summed E-state index contributed by atoms with van der Waals surface area (Å²) in [5.74, 6) is 1.23. The fraction of sp³-hybridized carbons (Fsp3) is 0.419. The molecule has 4 aromatic carbocycles. The lowest BCUT2D eigenvalue weighted by molar-refractivity contribution is 0.141. The quantitative estimate of drug-likeness (QED) is 0.186. The normalized spacial score (nSPS) is 17.8. The first-order chi connectivity index (χ1) is 23.8. The Morgan fingerprint density at radius 2 is 1.00 bits per heavy atom. The van der Waals surface area contributed by atoms with Crippen LogP contribution in [-0.2, 0) is 20.3 Å². The van der Waals surface area contributed by atoms with E-state index < -0.39 is 0 Å². The maximum absolute atomic E-state index is 15.8. The van der Waals surface area contributed by atoms with Crippen LogP contribution < -0.4 is 19.3 Å². The van der Waals surface area contributed by atoms with E-state index in [0.29, 0.717) is 49.3 Å². The minimum absolute atomic E-state index is 0.122. The molecule has 0 aromatic heterocycles. The van der Waals surface area contributed by atoms with Crippen molar-refractivity contribution in [1.29, 1.82) is 0 Å². The molecule has 2 fully saturated rings. The smallest absolute Gasteiger partial charge is 0.338 e. The molecule has 7 nitrogen and oxygen atoms in total. The highest BCUT2D eigenvalue weighted by atomic mass is 16.6. The molecule has 0 bridgehead atoms. The highest BCUT2D eigenvalue weighted by Crippen LogP contribution is 2.45. The zero-order chi connectivity index (χ0) is 35.6. The van der Waals surface area contributed by atoms with Gasteiger partial charge in [0, 0.05) is 12.8 Å². The molecule has 2 atom stereocenters. The lowest BCUT2D eigenvalue weighted by Gasteiger charge is -2.35. The van der Waals surface area contributed by atoms with Crippen LogP contribution in [0.2, 0.25) is 0 Å². The molecule has 0 aliphatic carbocycles. The summed E-state index contributed by atoms with van der Waals surface area (Å²) in [4.78, 5) is 19.4. The number of nitrogens with zero attached hydrogens (tertiary/aromatic N) is 2. The maximum Gasteiger partial charge on any atom is 0.338 e. The standard InChI is InChI=1S/C43H52N2O5/c1-29-9-15-33(16-10-29)44(34-17-11-30(2)12-18-34)41(46)45(37-25-31(42(3,4)5)13-19-39(37)49-35-21-23-47-27-35)38-26-32(43(6,7)8)14-20-40(38)50-36-22-24-48-28-36/h9-20,25-26,35-36H,21-24,27-28H2,1-8H3. The predicted octanol–water partition coefficient (Wildman–Crippen LogP) is 10.3. The van der Waals surface area contributed by atoms with Gasteiger partial charge >= 0.3 is 6.03 Å². The van der Waals surface area contributed by atoms with Gasteiger partial charge < -0.3 is 18.9 Å². The van der Waals surface area contributed by atoms with Crippen LogP contribution in [0.15, 0.2) is 84.9 Å². The van der Waals surface area contributed by atoms with Crippen LogP contribution in [0, 0.1) is 13.8 Å². The first kappa shape index (κ1) is 35.5. The highest BCUT2D eigenvalue weighted by Gasteiger charge is 2.34. The number of hydrogen-bond donors (Lipinski definition) is 0. The molecule has 0 saturated carbocycles. The summed E-state index contributed by atoms with van der Waals surface area (Å²) in [6, 6.07) is 28.4. The van der Waals surface area contributed by atoms with E-state index in [1.54, 1.807) is 9.80 Å². The van der Waals surface area contributed by atoms with Gasteiger partial charge in [0.2, 0.25) is 0 Å². The number of anilines is 4. The molecule has 0 spiro atoms. The second-order valence-corrected chi connectivity index (χ2v) is 15.7. The molecule has 6 rings (SSSR count). The van der Waals surface area contributed by atoms with Gasteiger partial charge in [0.1, 0.15) is 23.7 Å². The van der Waals surface area contributed by atoms with E-state index >= 15 is 4.79 Å². The summed E-state index contributed by atoms with van der Waals surface area (Å²) < 4.78 is 24.9. The van der Waals surface area contributed by atoms with E-state index in [0.717, 1.165) is 46.5 Å². The second-order valence-electron chi connectivity index (χ2n) is 15.7. The maximum atomic E-state index is 15.8. The molecule has 2 amide bonds. The second kappa shape index (κ2) is 14.5. The van der Waals surface area contributed by atoms with Gasteiger partial charge in [0.25, 0.3) is 0 Å². The molecule has 0 N–H and O–H groups in total. The van der Waals surface area contributed by atoms with Gasteiger partial charge in [0.15, 0.2) is 0 Å². The number of carbonyl (C=O) groups excluding carboxylic acids is 1. The Morgan fingerprint density at radius 3 is 1.34 bits per heavy atom. The predicted molar refractivity (Wildman–Crippen MR) is 202 cm³/mol. The number of urea groups is 1. The monoisotopic (exact) mass is 676 g/mol. The van der Waals surface area contributed by atoms with E-state index in [1.807, 2.05) is 60.7 Å². The minimum atomic E-state index is -0.255. The first-order valence-corrected chi connectivity index (χ1v) is 17.8. The third-order valence-electron chi connectivity index (χ3n) is 9.46. The van der Waals surface area contributed by atoms with Crippen molar-refractivity contribution < 1.29 is 23.7 Å². The minimum Gasteiger partial charge on any atom is -0.486 e. The van der Waals surface area contributed by atoms with E-state index in [9.17, 15) is 0 Å². The van der Waals surface area contributed by atoms with Crippen LogP contribution in [-0.4, -0.2) is 44.7 Å². The first-order valence-electron chi connectivity index (χ1n) is 17.8. The van der Waals surface area contributed by atoms with E-state index in [1.165, 1.54) is 0 Å². The zero-order valence-electron chi connectivity index (χ0n) is 30.9. The lowest BCUT2D eigenvalue weighted by Crippen LogP contribution is -2.39. The Labute approximate surface area is 298 Å². The number of aryl methyl sites for hydroxylation is 2. The third kappa shape index (κ3) is 8.00. The van der Waals surface area contributed by atoms with Crippen molar-refractivity contribution >= 4 is 28.8 Å².